The van der Waals surface area contributed by atoms with E-state index in [0.29, 0.717) is 13.2 Å². The van der Waals surface area contributed by atoms with Gasteiger partial charge in [-0.1, -0.05) is 24.3 Å². The SMILES string of the molecule is O=C(C[C@@H]1COCCN1S(=O)(=O)c1ccccc1)NCc1ccccn1. The number of pyridine rings is 1. The van der Waals surface area contributed by atoms with Gasteiger partial charge in [0.1, 0.15) is 0 Å². The van der Waals surface area contributed by atoms with Crippen LogP contribution in [0.15, 0.2) is 59.6 Å². The molecule has 26 heavy (non-hydrogen) atoms. The summed E-state index contributed by atoms with van der Waals surface area (Å²) in [5.74, 6) is -0.237. The molecule has 1 aliphatic heterocycles. The molecule has 1 saturated heterocycles. The number of carbonyl (C=O) groups is 1. The first-order chi connectivity index (χ1) is 12.6. The van der Waals surface area contributed by atoms with Crippen LogP contribution >= 0.6 is 0 Å². The van der Waals surface area contributed by atoms with E-state index in [-0.39, 0.29) is 30.4 Å². The van der Waals surface area contributed by atoms with Crippen LogP contribution in [0.5, 0.6) is 0 Å². The van der Waals surface area contributed by atoms with Gasteiger partial charge in [0, 0.05) is 19.2 Å². The lowest BCUT2D eigenvalue weighted by molar-refractivity contribution is -0.123. The number of sulfonamides is 1. The van der Waals surface area contributed by atoms with Crippen LogP contribution in [0, 0.1) is 0 Å². The molecule has 1 fully saturated rings. The number of aromatic nitrogens is 1. The van der Waals surface area contributed by atoms with Crippen molar-refractivity contribution in [1.29, 1.82) is 0 Å². The molecule has 1 aromatic carbocycles. The number of rotatable bonds is 6. The van der Waals surface area contributed by atoms with E-state index < -0.39 is 16.1 Å². The van der Waals surface area contributed by atoms with E-state index in [1.807, 2.05) is 12.1 Å². The highest BCUT2D eigenvalue weighted by molar-refractivity contribution is 7.89. The summed E-state index contributed by atoms with van der Waals surface area (Å²) < 4.78 is 32.6. The van der Waals surface area contributed by atoms with Crippen molar-refractivity contribution in [3.05, 3.63) is 60.4 Å². The van der Waals surface area contributed by atoms with E-state index in [1.165, 1.54) is 4.31 Å². The molecular formula is C18H21N3O4S. The smallest absolute Gasteiger partial charge is 0.243 e. The van der Waals surface area contributed by atoms with Crippen LogP contribution in [-0.2, 0) is 26.1 Å². The Morgan fingerprint density at radius 3 is 2.69 bits per heavy atom. The number of nitrogens with one attached hydrogen (secondary N) is 1. The quantitative estimate of drug-likeness (QED) is 0.819. The zero-order valence-electron chi connectivity index (χ0n) is 14.2. The van der Waals surface area contributed by atoms with Crippen molar-refractivity contribution in [2.45, 2.75) is 23.9 Å². The molecule has 1 atom stereocenters. The Kier molecular flexibility index (Phi) is 5.97. The molecule has 0 unspecified atom stereocenters. The Balaban J connectivity index is 1.66. The summed E-state index contributed by atoms with van der Waals surface area (Å²) in [6, 6.07) is 13.2. The first-order valence-electron chi connectivity index (χ1n) is 8.38. The van der Waals surface area contributed by atoms with Crippen molar-refractivity contribution in [1.82, 2.24) is 14.6 Å². The predicted octanol–water partition coefficient (Wildman–Crippen LogP) is 1.18. The van der Waals surface area contributed by atoms with Gasteiger partial charge >= 0.3 is 0 Å². The van der Waals surface area contributed by atoms with Crippen molar-refractivity contribution in [3.63, 3.8) is 0 Å². The van der Waals surface area contributed by atoms with E-state index in [4.69, 9.17) is 4.74 Å². The largest absolute Gasteiger partial charge is 0.378 e. The highest BCUT2D eigenvalue weighted by Gasteiger charge is 2.35. The highest BCUT2D eigenvalue weighted by Crippen LogP contribution is 2.22. The van der Waals surface area contributed by atoms with Crippen molar-refractivity contribution in [2.75, 3.05) is 19.8 Å². The zero-order chi connectivity index (χ0) is 18.4. The predicted molar refractivity (Wildman–Crippen MR) is 95.6 cm³/mol. The third kappa shape index (κ3) is 4.46. The fraction of sp³-hybridized carbons (Fsp3) is 0.333. The minimum Gasteiger partial charge on any atom is -0.378 e. The molecule has 0 saturated carbocycles. The van der Waals surface area contributed by atoms with Gasteiger partial charge < -0.3 is 10.1 Å². The molecule has 2 aromatic rings. The summed E-state index contributed by atoms with van der Waals surface area (Å²) >= 11 is 0. The summed E-state index contributed by atoms with van der Waals surface area (Å²) in [4.78, 5) is 16.6. The van der Waals surface area contributed by atoms with Crippen LogP contribution in [-0.4, -0.2) is 49.4 Å². The molecule has 138 valence electrons. The Morgan fingerprint density at radius 1 is 1.19 bits per heavy atom. The van der Waals surface area contributed by atoms with Crippen molar-refractivity contribution in [3.8, 4) is 0 Å². The monoisotopic (exact) mass is 375 g/mol. The normalized spacial score (nSPS) is 18.4. The topological polar surface area (TPSA) is 88.6 Å². The second-order valence-electron chi connectivity index (χ2n) is 5.96. The van der Waals surface area contributed by atoms with Gasteiger partial charge in [-0.3, -0.25) is 9.78 Å². The molecule has 0 bridgehead atoms. The fourth-order valence-electron chi connectivity index (χ4n) is 2.82. The van der Waals surface area contributed by atoms with Crippen LogP contribution in [0.3, 0.4) is 0 Å². The number of hydrogen-bond acceptors (Lipinski definition) is 5. The molecule has 1 N–H and O–H groups in total. The van der Waals surface area contributed by atoms with Gasteiger partial charge in [0.05, 0.1) is 36.4 Å². The molecule has 0 aliphatic carbocycles. The average Bonchev–Trinajstić information content (AvgIpc) is 2.68. The molecule has 1 aromatic heterocycles. The van der Waals surface area contributed by atoms with E-state index in [2.05, 4.69) is 10.3 Å². The third-order valence-electron chi connectivity index (χ3n) is 4.14. The molecule has 0 spiro atoms. The van der Waals surface area contributed by atoms with Gasteiger partial charge in [-0.2, -0.15) is 4.31 Å². The molecular weight excluding hydrogens is 354 g/mol. The van der Waals surface area contributed by atoms with Gasteiger partial charge in [-0.15, -0.1) is 0 Å². The minimum atomic E-state index is -3.66. The van der Waals surface area contributed by atoms with Gasteiger partial charge in [0.2, 0.25) is 15.9 Å². The van der Waals surface area contributed by atoms with Crippen LogP contribution in [0.1, 0.15) is 12.1 Å². The van der Waals surface area contributed by atoms with E-state index >= 15 is 0 Å². The lowest BCUT2D eigenvalue weighted by Gasteiger charge is -2.34. The zero-order valence-corrected chi connectivity index (χ0v) is 15.1. The number of benzene rings is 1. The van der Waals surface area contributed by atoms with Gasteiger partial charge in [0.25, 0.3) is 0 Å². The van der Waals surface area contributed by atoms with E-state index in [9.17, 15) is 13.2 Å². The molecule has 7 nitrogen and oxygen atoms in total. The van der Waals surface area contributed by atoms with Gasteiger partial charge in [-0.05, 0) is 24.3 Å². The van der Waals surface area contributed by atoms with Gasteiger partial charge in [0.15, 0.2) is 0 Å². The maximum Gasteiger partial charge on any atom is 0.243 e. The van der Waals surface area contributed by atoms with Crippen molar-refractivity contribution >= 4 is 15.9 Å². The van der Waals surface area contributed by atoms with E-state index in [1.54, 1.807) is 42.6 Å². The maximum atomic E-state index is 12.9. The summed E-state index contributed by atoms with van der Waals surface area (Å²) in [7, 11) is -3.66. The molecule has 1 aliphatic rings. The van der Waals surface area contributed by atoms with Gasteiger partial charge in [-0.25, -0.2) is 8.42 Å². The minimum absolute atomic E-state index is 0.0406. The maximum absolute atomic E-state index is 12.9. The molecule has 3 rings (SSSR count). The van der Waals surface area contributed by atoms with Crippen LogP contribution in [0.2, 0.25) is 0 Å². The fourth-order valence-corrected chi connectivity index (χ4v) is 4.44. The first kappa shape index (κ1) is 18.5. The number of morpholine rings is 1. The highest BCUT2D eigenvalue weighted by atomic mass is 32.2. The molecule has 2 heterocycles. The second-order valence-corrected chi connectivity index (χ2v) is 7.85. The Morgan fingerprint density at radius 2 is 1.96 bits per heavy atom. The molecule has 0 radical (unpaired) electrons. The summed E-state index contributed by atoms with van der Waals surface area (Å²) in [6.07, 6.45) is 1.70. The number of hydrogen-bond donors (Lipinski definition) is 1. The van der Waals surface area contributed by atoms with Crippen molar-refractivity contribution < 1.29 is 17.9 Å². The van der Waals surface area contributed by atoms with Crippen LogP contribution in [0.4, 0.5) is 0 Å². The molecule has 8 heteroatoms. The van der Waals surface area contributed by atoms with Crippen molar-refractivity contribution in [2.24, 2.45) is 0 Å². The van der Waals surface area contributed by atoms with Crippen LogP contribution < -0.4 is 5.32 Å². The Bertz CT molecular complexity index is 828. The lowest BCUT2D eigenvalue weighted by Crippen LogP contribution is -2.50. The standard InChI is InChI=1S/C18H21N3O4S/c22-18(20-13-15-6-4-5-9-19-15)12-16-14-25-11-10-21(16)26(23,24)17-7-2-1-3-8-17/h1-9,16H,10-14H2,(H,20,22)/t16-/m1/s1. The molecule has 1 amide bonds. The Hall–Kier alpha value is -2.29. The lowest BCUT2D eigenvalue weighted by atomic mass is 10.2. The van der Waals surface area contributed by atoms with Crippen LogP contribution in [0.25, 0.3) is 0 Å². The van der Waals surface area contributed by atoms with E-state index in [0.717, 1.165) is 5.69 Å². The first-order valence-corrected chi connectivity index (χ1v) is 9.82. The summed E-state index contributed by atoms with van der Waals surface area (Å²) in [6.45, 7) is 1.05. The second kappa shape index (κ2) is 8.39. The number of carbonyl (C=O) groups excluding carboxylic acids is 1. The number of nitrogens with zero attached hydrogens (tertiary/aromatic N) is 2. The summed E-state index contributed by atoms with van der Waals surface area (Å²) in [5.41, 5.74) is 0.745. The number of amides is 1. The third-order valence-corrected chi connectivity index (χ3v) is 6.10. The number of ether oxygens (including phenoxy) is 1. The average molecular weight is 375 g/mol. The summed E-state index contributed by atoms with van der Waals surface area (Å²) in [5, 5.41) is 2.78. The Labute approximate surface area is 153 Å².